The Bertz CT molecular complexity index is 292. The van der Waals surface area contributed by atoms with Crippen molar-refractivity contribution in [3.63, 3.8) is 0 Å². The fourth-order valence-electron chi connectivity index (χ4n) is 2.47. The third-order valence-electron chi connectivity index (χ3n) is 3.83. The van der Waals surface area contributed by atoms with Gasteiger partial charge in [0.25, 0.3) is 0 Å². The molecule has 1 N–H and O–H groups in total. The van der Waals surface area contributed by atoms with Gasteiger partial charge in [-0.1, -0.05) is 6.92 Å². The van der Waals surface area contributed by atoms with Gasteiger partial charge < -0.3 is 19.5 Å². The molecule has 0 amide bonds. The Hall–Kier alpha value is -0.650. The summed E-state index contributed by atoms with van der Waals surface area (Å²) >= 11 is 0. The van der Waals surface area contributed by atoms with Crippen molar-refractivity contribution in [1.82, 2.24) is 5.32 Å². The van der Waals surface area contributed by atoms with Crippen molar-refractivity contribution in [3.05, 3.63) is 0 Å². The zero-order chi connectivity index (χ0) is 15.6. The van der Waals surface area contributed by atoms with Crippen LogP contribution in [-0.2, 0) is 19.0 Å². The van der Waals surface area contributed by atoms with E-state index in [0.717, 1.165) is 51.9 Å². The average molecular weight is 301 g/mol. The minimum atomic E-state index is -0.606. The highest BCUT2D eigenvalue weighted by molar-refractivity contribution is 5.80. The summed E-state index contributed by atoms with van der Waals surface area (Å²) in [5, 5.41) is 3.32. The quantitative estimate of drug-likeness (QED) is 0.495. The number of rotatable bonds is 10. The van der Waals surface area contributed by atoms with Gasteiger partial charge >= 0.3 is 5.97 Å². The molecule has 0 saturated carbocycles. The first-order valence-electron chi connectivity index (χ1n) is 8.24. The normalized spacial score (nSPS) is 19.2. The third kappa shape index (κ3) is 6.76. The smallest absolute Gasteiger partial charge is 0.326 e. The van der Waals surface area contributed by atoms with Gasteiger partial charge in [0.2, 0.25) is 0 Å². The van der Waals surface area contributed by atoms with Crippen molar-refractivity contribution in [2.45, 2.75) is 64.5 Å². The summed E-state index contributed by atoms with van der Waals surface area (Å²) < 4.78 is 16.4. The summed E-state index contributed by atoms with van der Waals surface area (Å²) in [7, 11) is 0. The Morgan fingerprint density at radius 2 is 2.05 bits per heavy atom. The van der Waals surface area contributed by atoms with E-state index in [1.165, 1.54) is 0 Å². The number of carbonyl (C=O) groups is 1. The molecule has 1 aliphatic heterocycles. The van der Waals surface area contributed by atoms with Crippen LogP contribution in [0.1, 0.15) is 52.9 Å². The molecule has 0 spiro atoms. The van der Waals surface area contributed by atoms with E-state index in [1.54, 1.807) is 0 Å². The van der Waals surface area contributed by atoms with Crippen LogP contribution in [0.15, 0.2) is 0 Å². The largest absolute Gasteiger partial charge is 0.465 e. The lowest BCUT2D eigenvalue weighted by Gasteiger charge is -2.29. The highest BCUT2D eigenvalue weighted by Gasteiger charge is 2.33. The molecule has 0 aromatic heterocycles. The molecule has 1 atom stereocenters. The second-order valence-electron chi connectivity index (χ2n) is 5.77. The molecule has 0 bridgehead atoms. The second-order valence-corrected chi connectivity index (χ2v) is 5.77. The first kappa shape index (κ1) is 18.4. The highest BCUT2D eigenvalue weighted by Crippen LogP contribution is 2.17. The maximum absolute atomic E-state index is 12.1. The van der Waals surface area contributed by atoms with E-state index in [0.29, 0.717) is 19.3 Å². The number of carbonyl (C=O) groups excluding carboxylic acids is 1. The monoisotopic (exact) mass is 301 g/mol. The molecular formula is C16H31NO4. The van der Waals surface area contributed by atoms with E-state index in [4.69, 9.17) is 14.2 Å². The van der Waals surface area contributed by atoms with Crippen LogP contribution in [0.4, 0.5) is 0 Å². The summed E-state index contributed by atoms with van der Waals surface area (Å²) in [6, 6.07) is 0. The molecule has 1 heterocycles. The molecule has 124 valence electrons. The number of ether oxygens (including phenoxy) is 3. The van der Waals surface area contributed by atoms with Gasteiger partial charge in [-0.25, -0.2) is 0 Å². The molecule has 0 radical (unpaired) electrons. The van der Waals surface area contributed by atoms with E-state index in [-0.39, 0.29) is 5.97 Å². The van der Waals surface area contributed by atoms with E-state index >= 15 is 0 Å². The zero-order valence-corrected chi connectivity index (χ0v) is 13.8. The van der Waals surface area contributed by atoms with Gasteiger partial charge in [0.05, 0.1) is 12.7 Å². The van der Waals surface area contributed by atoms with Gasteiger partial charge in [0, 0.05) is 19.8 Å². The van der Waals surface area contributed by atoms with Gasteiger partial charge in [0.1, 0.15) is 5.54 Å². The van der Waals surface area contributed by atoms with Crippen LogP contribution < -0.4 is 5.32 Å². The average Bonchev–Trinajstić information content (AvgIpc) is 2.51. The van der Waals surface area contributed by atoms with E-state index in [2.05, 4.69) is 12.2 Å². The van der Waals surface area contributed by atoms with Crippen molar-refractivity contribution < 1.29 is 19.0 Å². The predicted octanol–water partition coefficient (Wildman–Crippen LogP) is 2.28. The van der Waals surface area contributed by atoms with Gasteiger partial charge in [-0.05, 0) is 52.5 Å². The van der Waals surface area contributed by atoms with Gasteiger partial charge in [0.15, 0.2) is 0 Å². The zero-order valence-electron chi connectivity index (χ0n) is 13.8. The fraction of sp³-hybridized carbons (Fsp3) is 0.938. The van der Waals surface area contributed by atoms with Crippen LogP contribution >= 0.6 is 0 Å². The van der Waals surface area contributed by atoms with Crippen LogP contribution in [0.2, 0.25) is 0 Å². The topological polar surface area (TPSA) is 56.8 Å². The van der Waals surface area contributed by atoms with Crippen LogP contribution in [0.3, 0.4) is 0 Å². The minimum absolute atomic E-state index is 0.162. The Balaban J connectivity index is 2.32. The number of nitrogens with one attached hydrogen (secondary N) is 1. The minimum Gasteiger partial charge on any atom is -0.465 e. The molecule has 1 saturated heterocycles. The van der Waals surface area contributed by atoms with Gasteiger partial charge in [-0.2, -0.15) is 0 Å². The van der Waals surface area contributed by atoms with E-state index < -0.39 is 5.54 Å². The van der Waals surface area contributed by atoms with Crippen molar-refractivity contribution in [2.75, 3.05) is 33.0 Å². The Morgan fingerprint density at radius 3 is 2.67 bits per heavy atom. The Morgan fingerprint density at radius 1 is 1.33 bits per heavy atom. The standard InChI is InChI=1S/C16H31NO4/c1-4-10-17-16(3,15(18)20-5-2)9-6-11-21-14-7-12-19-13-8-14/h14,17H,4-13H2,1-3H3. The molecule has 0 aromatic carbocycles. The van der Waals surface area contributed by atoms with Crippen LogP contribution in [0.5, 0.6) is 0 Å². The number of hydrogen-bond donors (Lipinski definition) is 1. The van der Waals surface area contributed by atoms with Crippen LogP contribution in [0, 0.1) is 0 Å². The third-order valence-corrected chi connectivity index (χ3v) is 3.83. The summed E-state index contributed by atoms with van der Waals surface area (Å²) in [5.41, 5.74) is -0.606. The molecule has 0 aromatic rings. The summed E-state index contributed by atoms with van der Waals surface area (Å²) in [6.45, 7) is 9.37. The molecule has 1 aliphatic rings. The SMILES string of the molecule is CCCNC(C)(CCCOC1CCOCC1)C(=O)OCC. The van der Waals surface area contributed by atoms with Crippen molar-refractivity contribution in [2.24, 2.45) is 0 Å². The summed E-state index contributed by atoms with van der Waals surface area (Å²) in [4.78, 5) is 12.1. The lowest BCUT2D eigenvalue weighted by atomic mass is 9.95. The maximum Gasteiger partial charge on any atom is 0.326 e. The van der Waals surface area contributed by atoms with Gasteiger partial charge in [-0.3, -0.25) is 4.79 Å². The van der Waals surface area contributed by atoms with Gasteiger partial charge in [-0.15, -0.1) is 0 Å². The molecule has 1 rings (SSSR count). The molecule has 0 aliphatic carbocycles. The Kier molecular flexibility index (Phi) is 8.88. The number of esters is 1. The Labute approximate surface area is 128 Å². The highest BCUT2D eigenvalue weighted by atomic mass is 16.5. The summed E-state index contributed by atoms with van der Waals surface area (Å²) in [5.74, 6) is -0.162. The number of hydrogen-bond acceptors (Lipinski definition) is 5. The first-order chi connectivity index (χ1) is 10.1. The molecule has 5 nitrogen and oxygen atoms in total. The fourth-order valence-corrected chi connectivity index (χ4v) is 2.47. The van der Waals surface area contributed by atoms with Crippen molar-refractivity contribution in [3.8, 4) is 0 Å². The molecular weight excluding hydrogens is 270 g/mol. The lowest BCUT2D eigenvalue weighted by molar-refractivity contribution is -0.151. The second kappa shape index (κ2) is 10.1. The first-order valence-corrected chi connectivity index (χ1v) is 8.24. The van der Waals surface area contributed by atoms with Crippen molar-refractivity contribution >= 4 is 5.97 Å². The molecule has 21 heavy (non-hydrogen) atoms. The van der Waals surface area contributed by atoms with Crippen molar-refractivity contribution in [1.29, 1.82) is 0 Å². The predicted molar refractivity (Wildman–Crippen MR) is 82.4 cm³/mol. The molecule has 1 fully saturated rings. The van der Waals surface area contributed by atoms with Crippen LogP contribution in [0.25, 0.3) is 0 Å². The van der Waals surface area contributed by atoms with Crippen LogP contribution in [-0.4, -0.2) is 50.6 Å². The molecule has 5 heteroatoms. The van der Waals surface area contributed by atoms with E-state index in [1.807, 2.05) is 13.8 Å². The molecule has 1 unspecified atom stereocenters. The maximum atomic E-state index is 12.1. The summed E-state index contributed by atoms with van der Waals surface area (Å²) in [6.07, 6.45) is 4.84. The lowest BCUT2D eigenvalue weighted by Crippen LogP contribution is -2.51. The van der Waals surface area contributed by atoms with E-state index in [9.17, 15) is 4.79 Å².